The van der Waals surface area contributed by atoms with Crippen molar-refractivity contribution in [1.29, 1.82) is 0 Å². The molecule has 2 rings (SSSR count). The minimum Gasteiger partial charge on any atom is -0.344 e. The van der Waals surface area contributed by atoms with Gasteiger partial charge in [-0.15, -0.1) is 0 Å². The molecule has 0 radical (unpaired) electrons. The van der Waals surface area contributed by atoms with Crippen LogP contribution in [0.25, 0.3) is 0 Å². The standard InChI is InChI=1S/C14H27N3O3S/c1-10(2)21(19,20)17-8-6-12(11(3)9-17)15-13-5-7-16(4)14(13)18/h10-13,15H,5-9H2,1-4H3/t11-,12+,13+/m1/s1. The lowest BCUT2D eigenvalue weighted by Crippen LogP contribution is -2.54. The molecule has 3 atom stereocenters. The lowest BCUT2D eigenvalue weighted by Gasteiger charge is -2.38. The van der Waals surface area contributed by atoms with Crippen LogP contribution in [0, 0.1) is 5.92 Å². The molecule has 0 aromatic heterocycles. The summed E-state index contributed by atoms with van der Waals surface area (Å²) in [4.78, 5) is 13.7. The average Bonchev–Trinajstić information content (AvgIpc) is 2.72. The van der Waals surface area contributed by atoms with Gasteiger partial charge < -0.3 is 10.2 Å². The first-order valence-corrected chi connectivity index (χ1v) is 9.23. The Kier molecular flexibility index (Phi) is 4.95. The highest BCUT2D eigenvalue weighted by atomic mass is 32.2. The zero-order chi connectivity index (χ0) is 15.8. The van der Waals surface area contributed by atoms with Gasteiger partial charge in [0.1, 0.15) is 0 Å². The second-order valence-electron chi connectivity index (χ2n) is 6.59. The Morgan fingerprint density at radius 3 is 2.38 bits per heavy atom. The molecule has 0 unspecified atom stereocenters. The van der Waals surface area contributed by atoms with Crippen LogP contribution >= 0.6 is 0 Å². The van der Waals surface area contributed by atoms with Gasteiger partial charge in [0.05, 0.1) is 11.3 Å². The van der Waals surface area contributed by atoms with Gasteiger partial charge in [-0.2, -0.15) is 0 Å². The summed E-state index contributed by atoms with van der Waals surface area (Å²) >= 11 is 0. The van der Waals surface area contributed by atoms with Crippen molar-refractivity contribution in [3.05, 3.63) is 0 Å². The predicted octanol–water partition coefficient (Wildman–Crippen LogP) is 0.255. The van der Waals surface area contributed by atoms with E-state index in [-0.39, 0.29) is 29.2 Å². The molecule has 2 aliphatic heterocycles. The molecule has 0 aromatic rings. The summed E-state index contributed by atoms with van der Waals surface area (Å²) in [6.45, 7) is 7.37. The zero-order valence-electron chi connectivity index (χ0n) is 13.4. The van der Waals surface area contributed by atoms with E-state index in [0.29, 0.717) is 13.1 Å². The molecule has 0 saturated carbocycles. The first-order valence-electron chi connectivity index (χ1n) is 7.73. The maximum Gasteiger partial charge on any atom is 0.239 e. The number of rotatable bonds is 4. The van der Waals surface area contributed by atoms with E-state index < -0.39 is 10.0 Å². The highest BCUT2D eigenvalue weighted by Gasteiger charge is 2.37. The average molecular weight is 317 g/mol. The summed E-state index contributed by atoms with van der Waals surface area (Å²) in [5, 5.41) is 3.06. The maximum absolute atomic E-state index is 12.2. The quantitative estimate of drug-likeness (QED) is 0.807. The van der Waals surface area contributed by atoms with Gasteiger partial charge in [-0.3, -0.25) is 4.79 Å². The fourth-order valence-electron chi connectivity index (χ4n) is 3.12. The summed E-state index contributed by atoms with van der Waals surface area (Å²) < 4.78 is 26.0. The zero-order valence-corrected chi connectivity index (χ0v) is 14.2. The van der Waals surface area contributed by atoms with Gasteiger partial charge in [0.25, 0.3) is 0 Å². The third-order valence-electron chi connectivity index (χ3n) is 4.67. The number of piperidine rings is 1. The Bertz CT molecular complexity index is 492. The SMILES string of the molecule is CC(C)S(=O)(=O)N1CC[C@H](N[C@H]2CCN(C)C2=O)[C@H](C)C1. The molecule has 2 aliphatic rings. The van der Waals surface area contributed by atoms with E-state index in [4.69, 9.17) is 0 Å². The molecule has 0 aliphatic carbocycles. The molecule has 122 valence electrons. The van der Waals surface area contributed by atoms with Crippen molar-refractivity contribution in [2.75, 3.05) is 26.7 Å². The third kappa shape index (κ3) is 3.40. The van der Waals surface area contributed by atoms with E-state index in [9.17, 15) is 13.2 Å². The number of hydrogen-bond donors (Lipinski definition) is 1. The number of carbonyl (C=O) groups excluding carboxylic acids is 1. The smallest absolute Gasteiger partial charge is 0.239 e. The van der Waals surface area contributed by atoms with Crippen LogP contribution < -0.4 is 5.32 Å². The first-order chi connectivity index (χ1) is 9.73. The molecule has 0 bridgehead atoms. The summed E-state index contributed by atoms with van der Waals surface area (Å²) in [6.07, 6.45) is 1.60. The molecule has 2 fully saturated rings. The summed E-state index contributed by atoms with van der Waals surface area (Å²) in [7, 11) is -1.35. The normalized spacial score (nSPS) is 32.1. The van der Waals surface area contributed by atoms with Crippen molar-refractivity contribution in [1.82, 2.24) is 14.5 Å². The molecule has 2 heterocycles. The van der Waals surface area contributed by atoms with Gasteiger partial charge in [0, 0.05) is 32.7 Å². The molecular formula is C14H27N3O3S. The molecule has 2 saturated heterocycles. The van der Waals surface area contributed by atoms with E-state index in [1.165, 1.54) is 0 Å². The predicted molar refractivity (Wildman–Crippen MR) is 82.4 cm³/mol. The van der Waals surface area contributed by atoms with Crippen LogP contribution in [0.3, 0.4) is 0 Å². The fourth-order valence-corrected chi connectivity index (χ4v) is 4.52. The Labute approximate surface area is 127 Å². The minimum atomic E-state index is -3.17. The van der Waals surface area contributed by atoms with Gasteiger partial charge in [-0.25, -0.2) is 12.7 Å². The highest BCUT2D eigenvalue weighted by Crippen LogP contribution is 2.23. The Morgan fingerprint density at radius 1 is 1.24 bits per heavy atom. The lowest BCUT2D eigenvalue weighted by atomic mass is 9.94. The van der Waals surface area contributed by atoms with E-state index >= 15 is 0 Å². The van der Waals surface area contributed by atoms with Gasteiger partial charge in [0.2, 0.25) is 15.9 Å². The van der Waals surface area contributed by atoms with Crippen LogP contribution in [0.1, 0.15) is 33.6 Å². The van der Waals surface area contributed by atoms with E-state index in [1.807, 2.05) is 7.05 Å². The van der Waals surface area contributed by atoms with Crippen molar-refractivity contribution in [2.24, 2.45) is 5.92 Å². The van der Waals surface area contributed by atoms with E-state index in [2.05, 4.69) is 12.2 Å². The van der Waals surface area contributed by atoms with Crippen LogP contribution in [0.15, 0.2) is 0 Å². The Balaban J connectivity index is 1.94. The van der Waals surface area contributed by atoms with Crippen molar-refractivity contribution in [2.45, 2.75) is 50.9 Å². The minimum absolute atomic E-state index is 0.101. The van der Waals surface area contributed by atoms with Gasteiger partial charge >= 0.3 is 0 Å². The number of nitrogens with one attached hydrogen (secondary N) is 1. The number of likely N-dealkylation sites (N-methyl/N-ethyl adjacent to an activating group) is 1. The molecular weight excluding hydrogens is 290 g/mol. The monoisotopic (exact) mass is 317 g/mol. The van der Waals surface area contributed by atoms with Gasteiger partial charge in [-0.1, -0.05) is 6.92 Å². The van der Waals surface area contributed by atoms with Crippen molar-refractivity contribution >= 4 is 15.9 Å². The first kappa shape index (κ1) is 16.7. The molecule has 1 N–H and O–H groups in total. The van der Waals surface area contributed by atoms with Gasteiger partial charge in [0.15, 0.2) is 0 Å². The Morgan fingerprint density at radius 2 is 1.90 bits per heavy atom. The second-order valence-corrected chi connectivity index (χ2v) is 9.08. The van der Waals surface area contributed by atoms with Crippen LogP contribution in [0.5, 0.6) is 0 Å². The summed E-state index contributed by atoms with van der Waals surface area (Å²) in [5.74, 6) is 0.366. The maximum atomic E-state index is 12.2. The van der Waals surface area contributed by atoms with E-state index in [0.717, 1.165) is 19.4 Å². The number of carbonyl (C=O) groups is 1. The molecule has 21 heavy (non-hydrogen) atoms. The number of sulfonamides is 1. The number of nitrogens with zero attached hydrogens (tertiary/aromatic N) is 2. The molecule has 7 heteroatoms. The molecule has 6 nitrogen and oxygen atoms in total. The number of likely N-dealkylation sites (tertiary alicyclic amines) is 1. The summed E-state index contributed by atoms with van der Waals surface area (Å²) in [6, 6.07) is 0.111. The number of amides is 1. The topological polar surface area (TPSA) is 69.7 Å². The van der Waals surface area contributed by atoms with Gasteiger partial charge in [-0.05, 0) is 32.6 Å². The van der Waals surface area contributed by atoms with Crippen molar-refractivity contribution in [3.8, 4) is 0 Å². The van der Waals surface area contributed by atoms with Crippen LogP contribution in [-0.2, 0) is 14.8 Å². The molecule has 0 aromatic carbocycles. The molecule has 0 spiro atoms. The lowest BCUT2D eigenvalue weighted by molar-refractivity contribution is -0.128. The van der Waals surface area contributed by atoms with Crippen molar-refractivity contribution in [3.63, 3.8) is 0 Å². The highest BCUT2D eigenvalue weighted by molar-refractivity contribution is 7.89. The van der Waals surface area contributed by atoms with Crippen molar-refractivity contribution < 1.29 is 13.2 Å². The van der Waals surface area contributed by atoms with Crippen LogP contribution in [-0.4, -0.2) is 67.5 Å². The fraction of sp³-hybridized carbons (Fsp3) is 0.929. The largest absolute Gasteiger partial charge is 0.344 e. The molecule has 1 amide bonds. The Hall–Kier alpha value is -0.660. The summed E-state index contributed by atoms with van der Waals surface area (Å²) in [5.41, 5.74) is 0. The van der Waals surface area contributed by atoms with Crippen LogP contribution in [0.4, 0.5) is 0 Å². The number of hydrogen-bond acceptors (Lipinski definition) is 4. The third-order valence-corrected chi connectivity index (χ3v) is 6.91. The van der Waals surface area contributed by atoms with Crippen LogP contribution in [0.2, 0.25) is 0 Å². The van der Waals surface area contributed by atoms with E-state index in [1.54, 1.807) is 23.1 Å². The second kappa shape index (κ2) is 6.22.